The Labute approximate surface area is 141 Å². The van der Waals surface area contributed by atoms with Crippen molar-refractivity contribution in [3.63, 3.8) is 0 Å². The van der Waals surface area contributed by atoms with Gasteiger partial charge in [0.25, 0.3) is 5.91 Å². The molecule has 1 heterocycles. The van der Waals surface area contributed by atoms with Crippen molar-refractivity contribution in [2.24, 2.45) is 17.6 Å². The number of nitrogens with one attached hydrogen (secondary N) is 1. The predicted molar refractivity (Wildman–Crippen MR) is 87.6 cm³/mol. The minimum atomic E-state index is -0.599. The fraction of sp³-hybridized carbons (Fsp3) is 0.611. The number of rotatable bonds is 8. The van der Waals surface area contributed by atoms with Crippen LogP contribution in [0.25, 0.3) is 0 Å². The number of pyridine rings is 1. The lowest BCUT2D eigenvalue weighted by atomic mass is 10.1. The first-order chi connectivity index (χ1) is 11.6. The second kappa shape index (κ2) is 6.07. The van der Waals surface area contributed by atoms with E-state index in [0.29, 0.717) is 24.3 Å². The largest absolute Gasteiger partial charge is 0.477 e. The van der Waals surface area contributed by atoms with Gasteiger partial charge in [0.05, 0.1) is 6.61 Å². The molecule has 3 saturated carbocycles. The molecule has 6 heteroatoms. The molecule has 0 spiro atoms. The highest BCUT2D eigenvalue weighted by molar-refractivity contribution is 5.96. The number of amides is 2. The summed E-state index contributed by atoms with van der Waals surface area (Å²) in [5.74, 6) is 1.05. The number of ether oxygens (including phenoxy) is 1. The Bertz CT molecular complexity index is 663. The van der Waals surface area contributed by atoms with Crippen molar-refractivity contribution in [3.05, 3.63) is 23.4 Å². The lowest BCUT2D eigenvalue weighted by Gasteiger charge is -2.15. The van der Waals surface area contributed by atoms with E-state index in [2.05, 4.69) is 10.3 Å². The Morgan fingerprint density at radius 3 is 2.54 bits per heavy atom. The molecule has 2 amide bonds. The molecule has 6 nitrogen and oxygen atoms in total. The quantitative estimate of drug-likeness (QED) is 0.759. The monoisotopic (exact) mass is 329 g/mol. The maximum absolute atomic E-state index is 12.5. The second-order valence-corrected chi connectivity index (χ2v) is 7.31. The van der Waals surface area contributed by atoms with Gasteiger partial charge in [0.15, 0.2) is 0 Å². The summed E-state index contributed by atoms with van der Waals surface area (Å²) in [5, 5.41) is 2.73. The average molecular weight is 329 g/mol. The van der Waals surface area contributed by atoms with Crippen LogP contribution in [0, 0.1) is 11.8 Å². The van der Waals surface area contributed by atoms with Gasteiger partial charge in [0.2, 0.25) is 11.8 Å². The summed E-state index contributed by atoms with van der Waals surface area (Å²) >= 11 is 0. The van der Waals surface area contributed by atoms with Crippen LogP contribution < -0.4 is 15.8 Å². The molecule has 1 aromatic rings. The number of hydrogen-bond donors (Lipinski definition) is 2. The smallest absolute Gasteiger partial charge is 0.270 e. The van der Waals surface area contributed by atoms with Crippen LogP contribution in [-0.4, -0.2) is 29.4 Å². The van der Waals surface area contributed by atoms with Gasteiger partial charge < -0.3 is 15.8 Å². The molecule has 3 aliphatic carbocycles. The lowest BCUT2D eigenvalue weighted by molar-refractivity contribution is -0.120. The van der Waals surface area contributed by atoms with Gasteiger partial charge in [-0.05, 0) is 62.3 Å². The number of carbonyl (C=O) groups is 2. The van der Waals surface area contributed by atoms with Gasteiger partial charge in [0, 0.05) is 5.56 Å². The number of hydrogen-bond acceptors (Lipinski definition) is 4. The van der Waals surface area contributed by atoms with Crippen molar-refractivity contribution in [1.29, 1.82) is 0 Å². The SMILES string of the molecule is NC(=O)C(NC(=O)c1ccc(C2CC2)c(OCC2CC2)n1)C1CC1. The number of aromatic nitrogens is 1. The summed E-state index contributed by atoms with van der Waals surface area (Å²) in [7, 11) is 0. The van der Waals surface area contributed by atoms with E-state index in [1.807, 2.05) is 6.07 Å². The fourth-order valence-electron chi connectivity index (χ4n) is 2.95. The molecule has 3 fully saturated rings. The summed E-state index contributed by atoms with van der Waals surface area (Å²) in [6, 6.07) is 3.06. The summed E-state index contributed by atoms with van der Waals surface area (Å²) in [5.41, 5.74) is 6.78. The Balaban J connectivity index is 1.49. The highest BCUT2D eigenvalue weighted by Gasteiger charge is 2.36. The molecule has 24 heavy (non-hydrogen) atoms. The normalized spacial score (nSPS) is 21.2. The van der Waals surface area contributed by atoms with E-state index in [4.69, 9.17) is 10.5 Å². The van der Waals surface area contributed by atoms with E-state index in [9.17, 15) is 9.59 Å². The van der Waals surface area contributed by atoms with E-state index >= 15 is 0 Å². The third kappa shape index (κ3) is 3.52. The highest BCUT2D eigenvalue weighted by Crippen LogP contribution is 2.44. The molecule has 3 aliphatic rings. The van der Waals surface area contributed by atoms with Gasteiger partial charge in [-0.2, -0.15) is 0 Å². The van der Waals surface area contributed by atoms with Crippen molar-refractivity contribution in [1.82, 2.24) is 10.3 Å². The molecule has 1 aromatic heterocycles. The first-order valence-corrected chi connectivity index (χ1v) is 8.85. The van der Waals surface area contributed by atoms with Crippen LogP contribution in [0.3, 0.4) is 0 Å². The van der Waals surface area contributed by atoms with Crippen LogP contribution in [0.4, 0.5) is 0 Å². The fourth-order valence-corrected chi connectivity index (χ4v) is 2.95. The molecule has 0 bridgehead atoms. The maximum atomic E-state index is 12.5. The summed E-state index contributed by atoms with van der Waals surface area (Å²) in [6.07, 6.45) is 6.58. The zero-order valence-corrected chi connectivity index (χ0v) is 13.7. The van der Waals surface area contributed by atoms with Crippen LogP contribution in [0.2, 0.25) is 0 Å². The number of nitrogens with zero attached hydrogens (tertiary/aromatic N) is 1. The van der Waals surface area contributed by atoms with Gasteiger partial charge in [-0.3, -0.25) is 9.59 Å². The van der Waals surface area contributed by atoms with Crippen molar-refractivity contribution >= 4 is 11.8 Å². The zero-order chi connectivity index (χ0) is 16.7. The molecule has 0 aromatic carbocycles. The van der Waals surface area contributed by atoms with E-state index in [0.717, 1.165) is 31.2 Å². The first-order valence-electron chi connectivity index (χ1n) is 8.85. The Morgan fingerprint density at radius 1 is 1.21 bits per heavy atom. The summed E-state index contributed by atoms with van der Waals surface area (Å²) in [6.45, 7) is 0.670. The molecule has 0 aliphatic heterocycles. The van der Waals surface area contributed by atoms with Crippen LogP contribution in [0.1, 0.15) is 60.5 Å². The molecular weight excluding hydrogens is 306 g/mol. The molecule has 1 atom stereocenters. The van der Waals surface area contributed by atoms with Crippen LogP contribution >= 0.6 is 0 Å². The van der Waals surface area contributed by atoms with Crippen molar-refractivity contribution < 1.29 is 14.3 Å². The lowest BCUT2D eigenvalue weighted by Crippen LogP contribution is -2.46. The Morgan fingerprint density at radius 2 is 1.96 bits per heavy atom. The van der Waals surface area contributed by atoms with E-state index in [1.54, 1.807) is 6.07 Å². The van der Waals surface area contributed by atoms with Gasteiger partial charge in [-0.1, -0.05) is 6.07 Å². The maximum Gasteiger partial charge on any atom is 0.270 e. The molecule has 1 unspecified atom stereocenters. The third-order valence-electron chi connectivity index (χ3n) is 4.98. The van der Waals surface area contributed by atoms with E-state index in [1.165, 1.54) is 12.8 Å². The van der Waals surface area contributed by atoms with Crippen molar-refractivity contribution in [2.45, 2.75) is 50.5 Å². The number of nitrogens with two attached hydrogens (primary N) is 1. The minimum Gasteiger partial charge on any atom is -0.477 e. The summed E-state index contributed by atoms with van der Waals surface area (Å²) < 4.78 is 5.88. The number of primary amides is 1. The molecule has 0 saturated heterocycles. The second-order valence-electron chi connectivity index (χ2n) is 7.31. The predicted octanol–water partition coefficient (Wildman–Crippen LogP) is 1.74. The molecule has 4 rings (SSSR count). The molecular formula is C18H23N3O3. The van der Waals surface area contributed by atoms with E-state index < -0.39 is 11.9 Å². The van der Waals surface area contributed by atoms with Crippen LogP contribution in [0.5, 0.6) is 5.88 Å². The number of carbonyl (C=O) groups excluding carboxylic acids is 2. The van der Waals surface area contributed by atoms with Gasteiger partial charge >= 0.3 is 0 Å². The Hall–Kier alpha value is -2.11. The first kappa shape index (κ1) is 15.4. The van der Waals surface area contributed by atoms with Gasteiger partial charge in [-0.15, -0.1) is 0 Å². The van der Waals surface area contributed by atoms with Crippen molar-refractivity contribution in [2.75, 3.05) is 6.61 Å². The van der Waals surface area contributed by atoms with Crippen molar-refractivity contribution in [3.8, 4) is 5.88 Å². The van der Waals surface area contributed by atoms with Gasteiger partial charge in [0.1, 0.15) is 11.7 Å². The molecule has 128 valence electrons. The van der Waals surface area contributed by atoms with Crippen LogP contribution in [0.15, 0.2) is 12.1 Å². The minimum absolute atomic E-state index is 0.169. The van der Waals surface area contributed by atoms with Crippen LogP contribution in [-0.2, 0) is 4.79 Å². The molecule has 0 radical (unpaired) electrons. The standard InChI is InChI=1S/C18H23N3O3/c19-16(22)15(12-5-6-12)21-17(23)14-8-7-13(11-3-4-11)18(20-14)24-9-10-1-2-10/h7-8,10-12,15H,1-6,9H2,(H2,19,22)(H,21,23). The topological polar surface area (TPSA) is 94.3 Å². The summed E-state index contributed by atoms with van der Waals surface area (Å²) in [4.78, 5) is 28.4. The van der Waals surface area contributed by atoms with E-state index in [-0.39, 0.29) is 17.5 Å². The average Bonchev–Trinajstić information content (AvgIpc) is 3.41. The molecule has 3 N–H and O–H groups in total. The highest BCUT2D eigenvalue weighted by atomic mass is 16.5. The third-order valence-corrected chi connectivity index (χ3v) is 4.98. The Kier molecular flexibility index (Phi) is 3.90. The van der Waals surface area contributed by atoms with Gasteiger partial charge in [-0.25, -0.2) is 4.98 Å². The zero-order valence-electron chi connectivity index (χ0n) is 13.7.